The number of carbonyl (C=O) groups excluding carboxylic acids is 2. The largest absolute Gasteiger partial charge is 0.493 e. The Morgan fingerprint density at radius 2 is 1.93 bits per heavy atom. The molecule has 3 aromatic rings. The van der Waals surface area contributed by atoms with E-state index in [9.17, 15) is 29.6 Å². The lowest BCUT2D eigenvalue weighted by Crippen LogP contribution is -2.54. The van der Waals surface area contributed by atoms with Crippen molar-refractivity contribution in [1.82, 2.24) is 5.32 Å². The number of aromatic carboxylic acids is 1. The zero-order chi connectivity index (χ0) is 29.7. The zero-order valence-electron chi connectivity index (χ0n) is 21.7. The molecule has 0 unspecified atom stereocenters. The van der Waals surface area contributed by atoms with E-state index in [1.54, 1.807) is 30.3 Å². The summed E-state index contributed by atoms with van der Waals surface area (Å²) in [6, 6.07) is 14.9. The van der Waals surface area contributed by atoms with Crippen molar-refractivity contribution in [2.45, 2.75) is 13.0 Å². The molecule has 12 heteroatoms. The first-order valence-electron chi connectivity index (χ1n) is 12.1. The molecule has 1 aliphatic rings. The maximum absolute atomic E-state index is 13.4. The molecule has 41 heavy (non-hydrogen) atoms. The number of nitro groups is 1. The molecular weight excluding hydrogens is 550 g/mol. The summed E-state index contributed by atoms with van der Waals surface area (Å²) in [4.78, 5) is 49.4. The van der Waals surface area contributed by atoms with Gasteiger partial charge in [0.25, 0.3) is 17.5 Å². The number of rotatable bonds is 10. The van der Waals surface area contributed by atoms with Gasteiger partial charge in [0, 0.05) is 17.7 Å². The first-order valence-corrected chi connectivity index (χ1v) is 12.5. The number of ether oxygens (including phenoxy) is 2. The molecule has 0 radical (unpaired) electrons. The zero-order valence-corrected chi connectivity index (χ0v) is 22.5. The molecule has 0 aromatic heterocycles. The van der Waals surface area contributed by atoms with Crippen molar-refractivity contribution in [3.8, 4) is 11.5 Å². The van der Waals surface area contributed by atoms with Crippen molar-refractivity contribution in [3.63, 3.8) is 0 Å². The van der Waals surface area contributed by atoms with E-state index in [-0.39, 0.29) is 34.2 Å². The predicted molar refractivity (Wildman–Crippen MR) is 154 cm³/mol. The van der Waals surface area contributed by atoms with Crippen LogP contribution in [0.15, 0.2) is 78.9 Å². The van der Waals surface area contributed by atoms with Crippen LogP contribution in [0.25, 0.3) is 6.08 Å². The highest BCUT2D eigenvalue weighted by atomic mass is 32.1. The topological polar surface area (TPSA) is 148 Å². The van der Waals surface area contributed by atoms with Crippen molar-refractivity contribution in [3.05, 3.63) is 111 Å². The van der Waals surface area contributed by atoms with E-state index in [1.807, 2.05) is 0 Å². The van der Waals surface area contributed by atoms with E-state index < -0.39 is 22.7 Å². The van der Waals surface area contributed by atoms with Gasteiger partial charge in [0.15, 0.2) is 16.6 Å². The number of amides is 2. The standard InChI is InChI=1S/C29H23N3O8S/c1-3-6-19-11-18(14-24(39-2)25(19)40-16-17-7-4-10-22(12-17)32(37)38)13-23-26(33)30-29(41)31(27(23)34)21-9-5-8-20(15-21)28(35)36/h3-5,7-15H,1,6,16H2,2H3,(H,35,36)(H,30,33,41). The molecule has 0 bridgehead atoms. The fraction of sp³-hybridized carbons (Fsp3) is 0.103. The van der Waals surface area contributed by atoms with Crippen LogP contribution in [-0.4, -0.2) is 40.0 Å². The molecule has 0 spiro atoms. The number of anilines is 1. The molecule has 4 rings (SSSR count). The Morgan fingerprint density at radius 1 is 1.17 bits per heavy atom. The van der Waals surface area contributed by atoms with Crippen LogP contribution in [0.3, 0.4) is 0 Å². The van der Waals surface area contributed by atoms with E-state index in [4.69, 9.17) is 21.7 Å². The van der Waals surface area contributed by atoms with Crippen LogP contribution in [0.2, 0.25) is 0 Å². The molecular formula is C29H23N3O8S. The average Bonchev–Trinajstić information content (AvgIpc) is 2.94. The summed E-state index contributed by atoms with van der Waals surface area (Å²) < 4.78 is 11.5. The monoisotopic (exact) mass is 573 g/mol. The Hall–Kier alpha value is -5.36. The van der Waals surface area contributed by atoms with Crippen LogP contribution in [0.4, 0.5) is 11.4 Å². The lowest BCUT2D eigenvalue weighted by atomic mass is 10.0. The number of non-ortho nitro benzene ring substituents is 1. The highest BCUT2D eigenvalue weighted by Crippen LogP contribution is 2.35. The van der Waals surface area contributed by atoms with E-state index in [0.29, 0.717) is 34.6 Å². The van der Waals surface area contributed by atoms with Gasteiger partial charge in [0.1, 0.15) is 12.2 Å². The van der Waals surface area contributed by atoms with Gasteiger partial charge in [-0.25, -0.2) is 4.79 Å². The third-order valence-corrected chi connectivity index (χ3v) is 6.29. The van der Waals surface area contributed by atoms with Gasteiger partial charge in [-0.2, -0.15) is 0 Å². The predicted octanol–water partition coefficient (Wildman–Crippen LogP) is 4.44. The van der Waals surface area contributed by atoms with E-state index >= 15 is 0 Å². The smallest absolute Gasteiger partial charge is 0.335 e. The number of carboxylic acid groups (broad SMARTS) is 1. The number of nitrogens with one attached hydrogen (secondary N) is 1. The Balaban J connectivity index is 1.69. The molecule has 1 heterocycles. The molecule has 208 valence electrons. The highest BCUT2D eigenvalue weighted by Gasteiger charge is 2.35. The number of methoxy groups -OCH3 is 1. The minimum Gasteiger partial charge on any atom is -0.493 e. The number of hydrogen-bond acceptors (Lipinski definition) is 8. The molecule has 0 saturated carbocycles. The lowest BCUT2D eigenvalue weighted by molar-refractivity contribution is -0.384. The van der Waals surface area contributed by atoms with Gasteiger partial charge in [-0.1, -0.05) is 24.3 Å². The summed E-state index contributed by atoms with van der Waals surface area (Å²) in [5.41, 5.74) is 1.46. The summed E-state index contributed by atoms with van der Waals surface area (Å²) in [5, 5.41) is 22.7. The second kappa shape index (κ2) is 12.2. The molecule has 11 nitrogen and oxygen atoms in total. The van der Waals surface area contributed by atoms with Crippen LogP contribution in [0, 0.1) is 10.1 Å². The van der Waals surface area contributed by atoms with E-state index in [2.05, 4.69) is 11.9 Å². The van der Waals surface area contributed by atoms with E-state index in [0.717, 1.165) is 4.90 Å². The molecule has 0 atom stereocenters. The quantitative estimate of drug-likeness (QED) is 0.0897. The summed E-state index contributed by atoms with van der Waals surface area (Å²) in [5.74, 6) is -1.98. The maximum Gasteiger partial charge on any atom is 0.335 e. The van der Waals surface area contributed by atoms with E-state index in [1.165, 1.54) is 49.6 Å². The van der Waals surface area contributed by atoms with Crippen LogP contribution in [-0.2, 0) is 22.6 Å². The fourth-order valence-electron chi connectivity index (χ4n) is 4.14. The average molecular weight is 574 g/mol. The maximum atomic E-state index is 13.4. The number of carbonyl (C=O) groups is 3. The van der Waals surface area contributed by atoms with Crippen molar-refractivity contribution in [2.24, 2.45) is 0 Å². The van der Waals surface area contributed by atoms with Crippen molar-refractivity contribution in [2.75, 3.05) is 12.0 Å². The first-order chi connectivity index (χ1) is 19.6. The number of thiocarbonyl (C=S) groups is 1. The third kappa shape index (κ3) is 6.28. The van der Waals surface area contributed by atoms with Gasteiger partial charge >= 0.3 is 5.97 Å². The summed E-state index contributed by atoms with van der Waals surface area (Å²) in [6.07, 6.45) is 3.35. The second-order valence-electron chi connectivity index (χ2n) is 8.73. The van der Waals surface area contributed by atoms with Crippen LogP contribution < -0.4 is 19.7 Å². The summed E-state index contributed by atoms with van der Waals surface area (Å²) in [7, 11) is 1.43. The summed E-state index contributed by atoms with van der Waals surface area (Å²) >= 11 is 5.21. The molecule has 0 aliphatic carbocycles. The van der Waals surface area contributed by atoms with Crippen LogP contribution >= 0.6 is 12.2 Å². The normalized spacial score (nSPS) is 14.0. The minimum atomic E-state index is -1.18. The van der Waals surface area contributed by atoms with Crippen LogP contribution in [0.5, 0.6) is 11.5 Å². The number of benzene rings is 3. The molecule has 3 aromatic carbocycles. The molecule has 1 saturated heterocycles. The second-order valence-corrected chi connectivity index (χ2v) is 9.12. The lowest BCUT2D eigenvalue weighted by Gasteiger charge is -2.29. The number of allylic oxidation sites excluding steroid dienone is 1. The van der Waals surface area contributed by atoms with Gasteiger partial charge in [-0.3, -0.25) is 29.9 Å². The van der Waals surface area contributed by atoms with Gasteiger partial charge in [-0.05, 0) is 66.2 Å². The Bertz CT molecular complexity index is 1630. The molecule has 1 fully saturated rings. The Labute approximate surface area is 239 Å². The first kappa shape index (κ1) is 28.6. The van der Waals surface area contributed by atoms with Gasteiger partial charge in [0.05, 0.1) is 23.3 Å². The Kier molecular flexibility index (Phi) is 8.54. The number of hydrogen-bond donors (Lipinski definition) is 2. The Morgan fingerprint density at radius 3 is 2.61 bits per heavy atom. The SMILES string of the molecule is C=CCc1cc(C=C2C(=O)NC(=S)N(c3cccc(C(=O)O)c3)C2=O)cc(OC)c1OCc1cccc([N+](=O)[O-])c1. The van der Waals surface area contributed by atoms with Crippen molar-refractivity contribution >= 4 is 52.6 Å². The number of carboxylic acids is 1. The van der Waals surface area contributed by atoms with Gasteiger partial charge in [0.2, 0.25) is 0 Å². The van der Waals surface area contributed by atoms with Gasteiger partial charge in [-0.15, -0.1) is 6.58 Å². The molecule has 1 aliphatic heterocycles. The fourth-order valence-corrected chi connectivity index (χ4v) is 4.42. The molecule has 2 N–H and O–H groups in total. The van der Waals surface area contributed by atoms with Crippen molar-refractivity contribution in [1.29, 1.82) is 0 Å². The van der Waals surface area contributed by atoms with Gasteiger partial charge < -0.3 is 14.6 Å². The number of nitrogens with zero attached hydrogens (tertiary/aromatic N) is 2. The number of nitro benzene ring substituents is 1. The third-order valence-electron chi connectivity index (χ3n) is 6.01. The highest BCUT2D eigenvalue weighted by molar-refractivity contribution is 7.80. The minimum absolute atomic E-state index is 0.0192. The summed E-state index contributed by atoms with van der Waals surface area (Å²) in [6.45, 7) is 3.79. The van der Waals surface area contributed by atoms with Crippen molar-refractivity contribution < 1.29 is 33.9 Å². The van der Waals surface area contributed by atoms with Crippen LogP contribution in [0.1, 0.15) is 27.0 Å². The molecule has 2 amide bonds.